The fraction of sp³-hybridized carbons (Fsp3) is 0.0909. The second kappa shape index (κ2) is 8.75. The number of hydrogen-bond acceptors (Lipinski definition) is 2. The Morgan fingerprint density at radius 1 is 0.486 bits per heavy atom. The van der Waals surface area contributed by atoms with Gasteiger partial charge in [-0.3, -0.25) is 0 Å². The van der Waals surface area contributed by atoms with Crippen LogP contribution in [0.15, 0.2) is 133 Å². The number of nitrogens with zero attached hydrogens (tertiary/aromatic N) is 4. The lowest BCUT2D eigenvalue weighted by atomic mass is 9.91. The topological polar surface area (TPSA) is 35.6 Å². The predicted octanol–water partition coefficient (Wildman–Crippen LogP) is 7.23. The molecule has 37 heavy (non-hydrogen) atoms. The lowest BCUT2D eigenvalue weighted by molar-refractivity contribution is 0.216. The fourth-order valence-electron chi connectivity index (χ4n) is 5.86. The third-order valence-corrected chi connectivity index (χ3v) is 7.40. The second-order valence-corrected chi connectivity index (χ2v) is 9.67. The van der Waals surface area contributed by atoms with Gasteiger partial charge >= 0.3 is 0 Å². The third kappa shape index (κ3) is 3.53. The molecule has 0 radical (unpaired) electrons. The number of benzene rings is 5. The maximum absolute atomic E-state index is 4.88. The van der Waals surface area contributed by atoms with E-state index in [1.165, 1.54) is 32.9 Å². The molecule has 2 aromatic heterocycles. The van der Waals surface area contributed by atoms with Crippen LogP contribution in [0.3, 0.4) is 0 Å². The molecule has 2 heterocycles. The van der Waals surface area contributed by atoms with E-state index in [0.717, 1.165) is 23.9 Å². The number of para-hydroxylation sites is 3. The number of hydrogen-bond donors (Lipinski definition) is 0. The van der Waals surface area contributed by atoms with Crippen molar-refractivity contribution in [3.8, 4) is 0 Å². The van der Waals surface area contributed by atoms with E-state index < -0.39 is 5.66 Å². The minimum Gasteiger partial charge on any atom is -0.314 e. The first-order valence-corrected chi connectivity index (χ1v) is 12.7. The summed E-state index contributed by atoms with van der Waals surface area (Å²) in [5.41, 5.74) is 6.21. The Morgan fingerprint density at radius 3 is 1.51 bits per heavy atom. The summed E-state index contributed by atoms with van der Waals surface area (Å²) in [7, 11) is 0. The van der Waals surface area contributed by atoms with Crippen LogP contribution < -0.4 is 0 Å². The SMILES string of the molecule is c1ccc(CC(Cc2ccccc2)(n2nnc3ccccc32)n2c3ccccc3c3ccccc32)cc1. The van der Waals surface area contributed by atoms with E-state index in [9.17, 15) is 0 Å². The van der Waals surface area contributed by atoms with E-state index >= 15 is 0 Å². The molecule has 0 spiro atoms. The van der Waals surface area contributed by atoms with Crippen molar-refractivity contribution in [1.29, 1.82) is 0 Å². The molecule has 0 aliphatic carbocycles. The predicted molar refractivity (Wildman–Crippen MR) is 151 cm³/mol. The molecule has 178 valence electrons. The van der Waals surface area contributed by atoms with Crippen molar-refractivity contribution in [2.75, 3.05) is 0 Å². The summed E-state index contributed by atoms with van der Waals surface area (Å²) in [6.45, 7) is 0. The van der Waals surface area contributed by atoms with Crippen LogP contribution in [0.4, 0.5) is 0 Å². The maximum atomic E-state index is 4.88. The first-order valence-electron chi connectivity index (χ1n) is 12.7. The first kappa shape index (κ1) is 21.6. The molecule has 0 fully saturated rings. The monoisotopic (exact) mass is 478 g/mol. The first-order chi connectivity index (χ1) is 18.3. The van der Waals surface area contributed by atoms with Gasteiger partial charge in [0.05, 0.1) is 16.6 Å². The molecule has 0 unspecified atom stereocenters. The van der Waals surface area contributed by atoms with Crippen molar-refractivity contribution in [3.05, 3.63) is 145 Å². The van der Waals surface area contributed by atoms with E-state index in [4.69, 9.17) is 5.21 Å². The van der Waals surface area contributed by atoms with Crippen molar-refractivity contribution < 1.29 is 0 Å². The summed E-state index contributed by atoms with van der Waals surface area (Å²) in [6.07, 6.45) is 1.50. The molecule has 0 amide bonds. The molecule has 4 nitrogen and oxygen atoms in total. The summed E-state index contributed by atoms with van der Waals surface area (Å²) in [5, 5.41) is 12.0. The van der Waals surface area contributed by atoms with Gasteiger partial charge in [-0.05, 0) is 35.4 Å². The summed E-state index contributed by atoms with van der Waals surface area (Å²) in [6, 6.07) is 47.2. The highest BCUT2D eigenvalue weighted by Crippen LogP contribution is 2.39. The molecule has 0 aliphatic rings. The average Bonchev–Trinajstić information content (AvgIpc) is 3.54. The van der Waals surface area contributed by atoms with Gasteiger partial charge in [-0.2, -0.15) is 0 Å². The molecule has 4 heteroatoms. The maximum Gasteiger partial charge on any atom is 0.148 e. The Balaban J connectivity index is 1.64. The number of fused-ring (bicyclic) bond motifs is 4. The Bertz CT molecular complexity index is 1740. The van der Waals surface area contributed by atoms with Crippen molar-refractivity contribution in [3.63, 3.8) is 0 Å². The van der Waals surface area contributed by atoms with Crippen LogP contribution in [0.1, 0.15) is 11.1 Å². The lowest BCUT2D eigenvalue weighted by Gasteiger charge is -2.38. The van der Waals surface area contributed by atoms with Gasteiger partial charge in [0, 0.05) is 23.6 Å². The van der Waals surface area contributed by atoms with Crippen molar-refractivity contribution in [2.24, 2.45) is 0 Å². The van der Waals surface area contributed by atoms with Crippen LogP contribution in [-0.2, 0) is 18.5 Å². The molecule has 7 rings (SSSR count). The standard InChI is InChI=1S/C33H26N4/c1-3-13-25(14-4-1)23-33(24-26-15-5-2-6-16-26,37-32-22-12-9-19-29(32)34-35-37)36-30-20-10-7-17-27(30)28-18-8-11-21-31(28)36/h1-22H,23-24H2. The molecule has 0 N–H and O–H groups in total. The molecule has 7 aromatic rings. The highest BCUT2D eigenvalue weighted by atomic mass is 15.5. The molecule has 0 saturated carbocycles. The van der Waals surface area contributed by atoms with Gasteiger partial charge in [0.25, 0.3) is 0 Å². The highest BCUT2D eigenvalue weighted by Gasteiger charge is 2.39. The zero-order valence-electron chi connectivity index (χ0n) is 20.4. The molecule has 5 aromatic carbocycles. The number of rotatable bonds is 6. The van der Waals surface area contributed by atoms with Crippen molar-refractivity contribution in [1.82, 2.24) is 19.6 Å². The van der Waals surface area contributed by atoms with E-state index in [0.29, 0.717) is 0 Å². The van der Waals surface area contributed by atoms with Crippen LogP contribution >= 0.6 is 0 Å². The second-order valence-electron chi connectivity index (χ2n) is 9.67. The van der Waals surface area contributed by atoms with Crippen LogP contribution in [0.5, 0.6) is 0 Å². The Morgan fingerprint density at radius 2 is 0.946 bits per heavy atom. The van der Waals surface area contributed by atoms with Crippen LogP contribution in [0.25, 0.3) is 32.8 Å². The molecule has 0 saturated heterocycles. The van der Waals surface area contributed by atoms with Gasteiger partial charge < -0.3 is 4.57 Å². The summed E-state index contributed by atoms with van der Waals surface area (Å²) in [4.78, 5) is 0. The zero-order valence-corrected chi connectivity index (χ0v) is 20.4. The summed E-state index contributed by atoms with van der Waals surface area (Å²) >= 11 is 0. The normalized spacial score (nSPS) is 12.0. The summed E-state index contributed by atoms with van der Waals surface area (Å²) < 4.78 is 4.68. The average molecular weight is 479 g/mol. The fourth-order valence-corrected chi connectivity index (χ4v) is 5.86. The van der Waals surface area contributed by atoms with Crippen LogP contribution in [0, 0.1) is 0 Å². The molecule has 0 atom stereocenters. The van der Waals surface area contributed by atoms with Gasteiger partial charge in [-0.15, -0.1) is 5.10 Å². The van der Waals surface area contributed by atoms with E-state index in [1.807, 2.05) is 12.1 Å². The third-order valence-electron chi connectivity index (χ3n) is 7.40. The molecular formula is C33H26N4. The number of aromatic nitrogens is 4. The molecular weight excluding hydrogens is 452 g/mol. The quantitative estimate of drug-likeness (QED) is 0.253. The Kier molecular flexibility index (Phi) is 5.10. The van der Waals surface area contributed by atoms with Crippen LogP contribution in [0.2, 0.25) is 0 Å². The smallest absolute Gasteiger partial charge is 0.148 e. The zero-order chi connectivity index (χ0) is 24.7. The summed E-state index contributed by atoms with van der Waals surface area (Å²) in [5.74, 6) is 0. The Labute approximate surface area is 215 Å². The van der Waals surface area contributed by atoms with E-state index in [2.05, 4.69) is 136 Å². The van der Waals surface area contributed by atoms with Crippen molar-refractivity contribution >= 4 is 32.8 Å². The van der Waals surface area contributed by atoms with Crippen LogP contribution in [-0.4, -0.2) is 19.6 Å². The lowest BCUT2D eigenvalue weighted by Crippen LogP contribution is -2.46. The highest BCUT2D eigenvalue weighted by molar-refractivity contribution is 6.08. The van der Waals surface area contributed by atoms with Gasteiger partial charge in [0.1, 0.15) is 11.2 Å². The van der Waals surface area contributed by atoms with Gasteiger partial charge in [-0.1, -0.05) is 114 Å². The van der Waals surface area contributed by atoms with Gasteiger partial charge in [0.2, 0.25) is 0 Å². The minimum absolute atomic E-state index is 0.596. The molecule has 0 bridgehead atoms. The minimum atomic E-state index is -0.596. The van der Waals surface area contributed by atoms with Crippen molar-refractivity contribution in [2.45, 2.75) is 18.5 Å². The molecule has 0 aliphatic heterocycles. The van der Waals surface area contributed by atoms with E-state index in [-0.39, 0.29) is 0 Å². The van der Waals surface area contributed by atoms with Gasteiger partial charge in [0.15, 0.2) is 0 Å². The van der Waals surface area contributed by atoms with Gasteiger partial charge in [-0.25, -0.2) is 4.68 Å². The largest absolute Gasteiger partial charge is 0.314 e. The Hall–Kier alpha value is -4.70. The van der Waals surface area contributed by atoms with E-state index in [1.54, 1.807) is 0 Å².